The van der Waals surface area contributed by atoms with Gasteiger partial charge in [0.15, 0.2) is 23.5 Å². The lowest BCUT2D eigenvalue weighted by Gasteiger charge is -2.59. The fraction of sp³-hybridized carbons (Fsp3) is 0.500. The van der Waals surface area contributed by atoms with Crippen molar-refractivity contribution in [3.63, 3.8) is 0 Å². The zero-order chi connectivity index (χ0) is 31.0. The molecule has 3 N–H and O–H groups in total. The van der Waals surface area contributed by atoms with Gasteiger partial charge in [0.1, 0.15) is 6.61 Å². The van der Waals surface area contributed by atoms with Crippen molar-refractivity contribution in [1.82, 2.24) is 0 Å². The first kappa shape index (κ1) is 30.0. The Hall–Kier alpha value is -2.65. The van der Waals surface area contributed by atoms with Gasteiger partial charge in [0.25, 0.3) is 0 Å². The molecule has 44 heavy (non-hydrogen) atoms. The van der Waals surface area contributed by atoms with Crippen molar-refractivity contribution in [3.8, 4) is 0 Å². The molecule has 8 heteroatoms. The number of carbonyl (C=O) groups is 2. The second-order valence-electron chi connectivity index (χ2n) is 13.8. The fourth-order valence-corrected chi connectivity index (χ4v) is 9.95. The third-order valence-electron chi connectivity index (χ3n) is 11.7. The molecule has 1 aliphatic heterocycles. The van der Waals surface area contributed by atoms with Gasteiger partial charge in [-0.05, 0) is 78.8 Å². The van der Waals surface area contributed by atoms with Gasteiger partial charge in [-0.3, -0.25) is 9.59 Å². The molecule has 0 unspecified atom stereocenters. The molecule has 232 valence electrons. The van der Waals surface area contributed by atoms with E-state index in [1.54, 1.807) is 12.2 Å². The van der Waals surface area contributed by atoms with E-state index in [9.17, 15) is 24.9 Å². The topological polar surface area (TPSA) is 113 Å². The maximum absolute atomic E-state index is 13.8. The lowest BCUT2D eigenvalue weighted by molar-refractivity contribution is -0.201. The number of aliphatic hydroxyl groups is 3. The third-order valence-corrected chi connectivity index (χ3v) is 12.1. The van der Waals surface area contributed by atoms with Gasteiger partial charge in [-0.15, -0.1) is 0 Å². The monoisotopic (exact) mass is 618 g/mol. The molecule has 9 atom stereocenters. The molecular formula is C36H39ClO7. The molecule has 1 heterocycles. The Morgan fingerprint density at radius 1 is 1.09 bits per heavy atom. The van der Waals surface area contributed by atoms with Crippen molar-refractivity contribution >= 4 is 23.2 Å². The van der Waals surface area contributed by atoms with Crippen molar-refractivity contribution in [1.29, 1.82) is 0 Å². The van der Waals surface area contributed by atoms with E-state index in [0.717, 1.165) is 35.1 Å². The largest absolute Gasteiger partial charge is 0.393 e. The van der Waals surface area contributed by atoms with Crippen LogP contribution in [0.3, 0.4) is 0 Å². The van der Waals surface area contributed by atoms with E-state index in [2.05, 4.69) is 6.92 Å². The van der Waals surface area contributed by atoms with Crippen molar-refractivity contribution in [2.45, 2.75) is 76.7 Å². The number of carbonyl (C=O) groups excluding carboxylic acids is 2. The second-order valence-corrected chi connectivity index (χ2v) is 14.2. The van der Waals surface area contributed by atoms with Crippen LogP contribution in [0.1, 0.15) is 68.1 Å². The normalized spacial score (nSPS) is 38.9. The summed E-state index contributed by atoms with van der Waals surface area (Å²) in [5, 5.41) is 32.0. The van der Waals surface area contributed by atoms with Gasteiger partial charge < -0.3 is 24.8 Å². The molecule has 1 saturated heterocycles. The minimum absolute atomic E-state index is 0.00377. The Kier molecular flexibility index (Phi) is 7.31. The first-order chi connectivity index (χ1) is 21.0. The Labute approximate surface area is 262 Å². The molecule has 2 aromatic carbocycles. The van der Waals surface area contributed by atoms with Crippen LogP contribution in [-0.2, 0) is 32.1 Å². The second kappa shape index (κ2) is 10.7. The number of ketones is 2. The molecule has 0 aromatic heterocycles. The number of rotatable bonds is 6. The number of fused-ring (bicyclic) bond motifs is 7. The van der Waals surface area contributed by atoms with E-state index in [1.807, 2.05) is 55.5 Å². The Morgan fingerprint density at radius 3 is 2.55 bits per heavy atom. The van der Waals surface area contributed by atoms with Gasteiger partial charge in [-0.1, -0.05) is 73.5 Å². The number of Topliss-reactive ketones (excluding diaryl/α,β-unsaturated/α-hetero) is 1. The summed E-state index contributed by atoms with van der Waals surface area (Å²) in [5.74, 6) is -0.318. The molecule has 0 radical (unpaired) electrons. The molecule has 4 fully saturated rings. The molecule has 5 aliphatic rings. The van der Waals surface area contributed by atoms with Gasteiger partial charge in [0, 0.05) is 27.3 Å². The highest BCUT2D eigenvalue weighted by atomic mass is 35.5. The van der Waals surface area contributed by atoms with Gasteiger partial charge in [-0.25, -0.2) is 0 Å². The molecule has 7 nitrogen and oxygen atoms in total. The molecule has 0 bridgehead atoms. The molecule has 2 aromatic rings. The van der Waals surface area contributed by atoms with Gasteiger partial charge in [-0.2, -0.15) is 0 Å². The average Bonchev–Trinajstić information content (AvgIpc) is 3.50. The predicted octanol–water partition coefficient (Wildman–Crippen LogP) is 5.03. The molecule has 4 aliphatic carbocycles. The van der Waals surface area contributed by atoms with Crippen LogP contribution in [-0.4, -0.2) is 51.3 Å². The molecular weight excluding hydrogens is 580 g/mol. The lowest BCUT2D eigenvalue weighted by atomic mass is 9.46. The summed E-state index contributed by atoms with van der Waals surface area (Å²) in [5.41, 5.74) is 2.12. The van der Waals surface area contributed by atoms with Crippen LogP contribution >= 0.6 is 11.6 Å². The number of hydrogen-bond donors (Lipinski definition) is 3. The van der Waals surface area contributed by atoms with E-state index in [0.29, 0.717) is 29.8 Å². The van der Waals surface area contributed by atoms with Gasteiger partial charge in [0.2, 0.25) is 0 Å². The first-order valence-electron chi connectivity index (χ1n) is 15.6. The van der Waals surface area contributed by atoms with E-state index in [4.69, 9.17) is 21.1 Å². The number of benzene rings is 2. The Morgan fingerprint density at radius 2 is 1.84 bits per heavy atom. The van der Waals surface area contributed by atoms with Crippen molar-refractivity contribution in [3.05, 3.63) is 93.5 Å². The number of halogens is 1. The minimum Gasteiger partial charge on any atom is -0.393 e. The summed E-state index contributed by atoms with van der Waals surface area (Å²) >= 11 is 6.28. The van der Waals surface area contributed by atoms with Crippen LogP contribution < -0.4 is 0 Å². The Balaban J connectivity index is 1.15. The maximum atomic E-state index is 13.8. The summed E-state index contributed by atoms with van der Waals surface area (Å²) in [7, 11) is 0. The maximum Gasteiger partial charge on any atom is 0.193 e. The number of aliphatic hydroxyl groups excluding tert-OH is 3. The number of ether oxygens (including phenoxy) is 2. The lowest BCUT2D eigenvalue weighted by Crippen LogP contribution is -2.63. The first-order valence-corrected chi connectivity index (χ1v) is 16.0. The van der Waals surface area contributed by atoms with Crippen LogP contribution in [0, 0.1) is 28.6 Å². The fourth-order valence-electron chi connectivity index (χ4n) is 9.69. The highest BCUT2D eigenvalue weighted by Crippen LogP contribution is 2.70. The quantitative estimate of drug-likeness (QED) is 0.416. The van der Waals surface area contributed by atoms with Gasteiger partial charge >= 0.3 is 0 Å². The van der Waals surface area contributed by atoms with E-state index < -0.39 is 47.3 Å². The van der Waals surface area contributed by atoms with Crippen LogP contribution in [0.4, 0.5) is 0 Å². The summed E-state index contributed by atoms with van der Waals surface area (Å²) in [4.78, 5) is 25.9. The van der Waals surface area contributed by atoms with Crippen molar-refractivity contribution in [2.24, 2.45) is 28.6 Å². The van der Waals surface area contributed by atoms with E-state index >= 15 is 0 Å². The summed E-state index contributed by atoms with van der Waals surface area (Å²) in [6.07, 6.45) is 6.50. The van der Waals surface area contributed by atoms with Crippen LogP contribution in [0.15, 0.2) is 66.3 Å². The van der Waals surface area contributed by atoms with Crippen molar-refractivity contribution in [2.75, 3.05) is 6.61 Å². The highest BCUT2D eigenvalue weighted by molar-refractivity contribution is 6.31. The van der Waals surface area contributed by atoms with Gasteiger partial charge in [0.05, 0.1) is 18.8 Å². The zero-order valence-electron chi connectivity index (χ0n) is 25.0. The minimum atomic E-state index is -1.37. The molecule has 0 spiro atoms. The van der Waals surface area contributed by atoms with Crippen LogP contribution in [0.25, 0.3) is 0 Å². The molecule has 0 amide bonds. The number of allylic oxidation sites excluding steroid dienone is 4. The van der Waals surface area contributed by atoms with E-state index in [-0.39, 0.29) is 30.1 Å². The smallest absolute Gasteiger partial charge is 0.193 e. The average molecular weight is 619 g/mol. The standard InChI is InChI=1S/C36H39ClO7/c1-34-12-11-25(40)15-24(34)9-10-26-27-16-31-36(30(42)19-39,35(27,2)17-29(41)32(26)34)44-33(43-31)22-6-3-20(4-7-22)13-21-5-8-23(18-38)28(37)14-21/h3-8,11-12,14-15,26-27,29,31-33,38-39,41H,9-10,13,16-19H2,1-2H3/t26-,27-,29-,31+,32+,33+,34-,35-,36+/m0/s1. The number of hydrogen-bond acceptors (Lipinski definition) is 7. The van der Waals surface area contributed by atoms with E-state index in [1.165, 1.54) is 0 Å². The molecule has 7 rings (SSSR count). The SMILES string of the molecule is C[C@]12C=CC(=O)C=C1CC[C@@H]1[C@@H]2[C@@H](O)C[C@@]2(C)[C@H]1C[C@H]1O[C@@H](c3ccc(Cc4ccc(CO)c(Cl)c4)cc3)O[C@]12C(=O)CO. The van der Waals surface area contributed by atoms with Crippen LogP contribution in [0.5, 0.6) is 0 Å². The molecule has 3 saturated carbocycles. The zero-order valence-corrected chi connectivity index (χ0v) is 25.8. The third kappa shape index (κ3) is 4.28. The van der Waals surface area contributed by atoms with Crippen LogP contribution in [0.2, 0.25) is 5.02 Å². The van der Waals surface area contributed by atoms with Crippen molar-refractivity contribution < 1.29 is 34.4 Å². The Bertz CT molecular complexity index is 1560. The highest BCUT2D eigenvalue weighted by Gasteiger charge is 2.75. The summed E-state index contributed by atoms with van der Waals surface area (Å²) in [6.45, 7) is 3.40. The predicted molar refractivity (Wildman–Crippen MR) is 164 cm³/mol. The summed E-state index contributed by atoms with van der Waals surface area (Å²) in [6, 6.07) is 13.5. The summed E-state index contributed by atoms with van der Waals surface area (Å²) < 4.78 is 13.3.